The Hall–Kier alpha value is -4.13. The van der Waals surface area contributed by atoms with Crippen molar-refractivity contribution in [2.24, 2.45) is 0 Å². The summed E-state index contributed by atoms with van der Waals surface area (Å²) in [6.45, 7) is 0. The summed E-state index contributed by atoms with van der Waals surface area (Å²) in [6.07, 6.45) is 6.18. The molecule has 3 aromatic heterocycles. The zero-order valence-corrected chi connectivity index (χ0v) is 17.9. The van der Waals surface area contributed by atoms with Crippen molar-refractivity contribution in [3.05, 3.63) is 81.3 Å². The van der Waals surface area contributed by atoms with Crippen LogP contribution in [0.2, 0.25) is 0 Å². The number of aromatic nitrogens is 1. The summed E-state index contributed by atoms with van der Waals surface area (Å²) in [4.78, 5) is 30.7. The molecule has 2 N–H and O–H groups in total. The first-order valence-corrected chi connectivity index (χ1v) is 11.1. The lowest BCUT2D eigenvalue weighted by Gasteiger charge is -1.98. The fourth-order valence-electron chi connectivity index (χ4n) is 3.21. The Morgan fingerprint density at radius 1 is 0.844 bits per heavy atom. The molecule has 0 amide bonds. The van der Waals surface area contributed by atoms with Crippen LogP contribution in [0.5, 0.6) is 0 Å². The van der Waals surface area contributed by atoms with Gasteiger partial charge in [-0.15, -0.1) is 22.7 Å². The molecule has 0 saturated carbocycles. The number of carbonyl (C=O) groups is 2. The van der Waals surface area contributed by atoms with Crippen molar-refractivity contribution < 1.29 is 19.8 Å². The van der Waals surface area contributed by atoms with Crippen LogP contribution in [-0.2, 0) is 4.79 Å². The summed E-state index contributed by atoms with van der Waals surface area (Å²) in [7, 11) is 0. The summed E-state index contributed by atoms with van der Waals surface area (Å²) in [5, 5.41) is 20.7. The number of thiophene rings is 2. The van der Waals surface area contributed by atoms with Crippen molar-refractivity contribution in [1.29, 1.82) is 0 Å². The first-order chi connectivity index (χ1) is 15.5. The normalized spacial score (nSPS) is 14.2. The van der Waals surface area contributed by atoms with E-state index in [1.54, 1.807) is 28.9 Å². The van der Waals surface area contributed by atoms with Crippen LogP contribution >= 0.6 is 22.7 Å². The number of allylic oxidation sites excluding steroid dienone is 3. The number of carboxylic acid groups (broad SMARTS) is 2. The van der Waals surface area contributed by atoms with E-state index in [1.807, 2.05) is 23.6 Å². The Kier molecular flexibility index (Phi) is 4.86. The van der Waals surface area contributed by atoms with Gasteiger partial charge in [0.1, 0.15) is 5.57 Å². The molecule has 9 heteroatoms. The molecule has 5 rings (SSSR count). The zero-order chi connectivity index (χ0) is 22.2. The average molecular weight is 460 g/mol. The van der Waals surface area contributed by atoms with Crippen molar-refractivity contribution in [2.75, 3.05) is 0 Å². The molecule has 7 nitrogen and oxygen atoms in total. The van der Waals surface area contributed by atoms with Gasteiger partial charge in [0.2, 0.25) is 0 Å². The van der Waals surface area contributed by atoms with E-state index in [9.17, 15) is 14.7 Å². The third kappa shape index (κ3) is 3.69. The van der Waals surface area contributed by atoms with E-state index in [0.717, 1.165) is 10.5 Å². The topological polar surface area (TPSA) is 116 Å². The lowest BCUT2D eigenvalue weighted by Crippen LogP contribution is -2.12. The Morgan fingerprint density at radius 2 is 1.56 bits per heavy atom. The Labute approximate surface area is 189 Å². The van der Waals surface area contributed by atoms with Gasteiger partial charge < -0.3 is 10.2 Å². The van der Waals surface area contributed by atoms with Crippen molar-refractivity contribution in [1.82, 2.24) is 14.3 Å². The maximum atomic E-state index is 11.7. The standard InChI is InChI=1S/C23H11N3O4S2/c27-22(28)12-6-17(26-18(7-12)16-9-14(11-25-16)23(29)30)15-8-13(10-24-15)19-3-4-21(32-19)20-2-1-5-31-20/h1-11H/p+2. The van der Waals surface area contributed by atoms with Gasteiger partial charge in [0.05, 0.1) is 17.2 Å². The number of rotatable bonds is 6. The number of carboxylic acids is 2. The molecule has 2 aliphatic rings. The number of hydrogen-bond acceptors (Lipinski definition) is 5. The minimum atomic E-state index is -1.12. The van der Waals surface area contributed by atoms with Gasteiger partial charge >= 0.3 is 35.8 Å². The molecule has 0 aliphatic carbocycles. The van der Waals surface area contributed by atoms with Gasteiger partial charge in [0.15, 0.2) is 11.4 Å². The van der Waals surface area contributed by atoms with E-state index in [0.29, 0.717) is 11.4 Å². The second-order valence-electron chi connectivity index (χ2n) is 6.86. The highest BCUT2D eigenvalue weighted by atomic mass is 32.1. The molecule has 32 heavy (non-hydrogen) atoms. The van der Waals surface area contributed by atoms with Crippen molar-refractivity contribution in [3.8, 4) is 9.75 Å². The number of aromatic carboxylic acids is 1. The summed E-state index contributed by atoms with van der Waals surface area (Å²) in [5.74, 6) is -2.23. The molecule has 5 heterocycles. The van der Waals surface area contributed by atoms with Gasteiger partial charge in [-0.05, 0) is 35.7 Å². The highest BCUT2D eigenvalue weighted by Gasteiger charge is 2.28. The van der Waals surface area contributed by atoms with Crippen LogP contribution < -0.4 is 9.34 Å². The summed E-state index contributed by atoms with van der Waals surface area (Å²) in [6, 6.07) is 11.0. The van der Waals surface area contributed by atoms with Crippen LogP contribution in [0.25, 0.3) is 15.3 Å². The summed E-state index contributed by atoms with van der Waals surface area (Å²) >= 11 is 3.34. The molecule has 154 valence electrons. The minimum absolute atomic E-state index is 0.0111. The molecule has 2 aliphatic heterocycles. The summed E-state index contributed by atoms with van der Waals surface area (Å²) in [5.41, 5.74) is 2.41. The van der Waals surface area contributed by atoms with Crippen LogP contribution in [0, 0.1) is 0 Å². The van der Waals surface area contributed by atoms with Crippen LogP contribution in [0.3, 0.4) is 0 Å². The molecule has 0 fully saturated rings. The van der Waals surface area contributed by atoms with E-state index in [1.165, 1.54) is 34.2 Å². The smallest absolute Gasteiger partial charge is 0.353 e. The fraction of sp³-hybridized carbons (Fsp3) is 0. The SMILES string of the molecule is O=C(O)C1=CC(c2cc(C(=O)O)cc(C3=[N+]=CC(c4ccc(-c5cccs5)s4)=C3)n2)=[N+]=C1. The van der Waals surface area contributed by atoms with Crippen LogP contribution in [0.4, 0.5) is 0 Å². The Balaban J connectivity index is 1.49. The maximum Gasteiger partial charge on any atom is 0.353 e. The highest BCUT2D eigenvalue weighted by molar-refractivity contribution is 7.22. The highest BCUT2D eigenvalue weighted by Crippen LogP contribution is 2.34. The monoisotopic (exact) mass is 459 g/mol. The zero-order valence-electron chi connectivity index (χ0n) is 16.2. The lowest BCUT2D eigenvalue weighted by molar-refractivity contribution is -0.131. The molecule has 0 spiro atoms. The molecule has 0 aromatic carbocycles. The van der Waals surface area contributed by atoms with Crippen molar-refractivity contribution in [3.63, 3.8) is 0 Å². The lowest BCUT2D eigenvalue weighted by atomic mass is 10.1. The van der Waals surface area contributed by atoms with E-state index in [2.05, 4.69) is 26.5 Å². The van der Waals surface area contributed by atoms with E-state index >= 15 is 0 Å². The number of nitrogens with zero attached hydrogens (tertiary/aromatic N) is 3. The second kappa shape index (κ2) is 7.85. The molecule has 0 atom stereocenters. The van der Waals surface area contributed by atoms with Gasteiger partial charge in [-0.25, -0.2) is 14.6 Å². The van der Waals surface area contributed by atoms with Crippen LogP contribution in [0.15, 0.2) is 59.5 Å². The third-order valence-corrected chi connectivity index (χ3v) is 6.97. The first-order valence-electron chi connectivity index (χ1n) is 9.37. The molecule has 0 bridgehead atoms. The van der Waals surface area contributed by atoms with E-state index < -0.39 is 11.9 Å². The molecular weight excluding hydrogens is 446 g/mol. The van der Waals surface area contributed by atoms with Gasteiger partial charge in [-0.3, -0.25) is 0 Å². The number of aliphatic carboxylic acids is 1. The number of hydrogen-bond donors (Lipinski definition) is 2. The summed E-state index contributed by atoms with van der Waals surface area (Å²) < 4.78 is 8.51. The second-order valence-corrected chi connectivity index (χ2v) is 8.90. The van der Waals surface area contributed by atoms with Crippen LogP contribution in [0.1, 0.15) is 26.6 Å². The van der Waals surface area contributed by atoms with Crippen molar-refractivity contribution in [2.45, 2.75) is 0 Å². The molecule has 0 unspecified atom stereocenters. The molecular formula is C23H13N3O4S2+2. The largest absolute Gasteiger partial charge is 0.478 e. The predicted octanol–water partition coefficient (Wildman–Crippen LogP) is 2.55. The molecule has 3 aromatic rings. The first kappa shape index (κ1) is 19.8. The Morgan fingerprint density at radius 3 is 2.22 bits per heavy atom. The third-order valence-electron chi connectivity index (χ3n) is 4.77. The predicted molar refractivity (Wildman–Crippen MR) is 127 cm³/mol. The van der Waals surface area contributed by atoms with Gasteiger partial charge in [0.25, 0.3) is 0 Å². The van der Waals surface area contributed by atoms with E-state index in [-0.39, 0.29) is 22.5 Å². The van der Waals surface area contributed by atoms with Crippen LogP contribution in [-0.4, -0.2) is 51.0 Å². The average Bonchev–Trinajstić information content (AvgIpc) is 3.58. The van der Waals surface area contributed by atoms with Gasteiger partial charge in [-0.1, -0.05) is 15.4 Å². The molecule has 0 saturated heterocycles. The fourth-order valence-corrected chi connectivity index (χ4v) is 5.04. The number of pyridine rings is 1. The van der Waals surface area contributed by atoms with Gasteiger partial charge in [-0.2, -0.15) is 0 Å². The van der Waals surface area contributed by atoms with Crippen molar-refractivity contribution >= 4 is 64.0 Å². The maximum absolute atomic E-state index is 11.7. The molecule has 0 radical (unpaired) electrons. The minimum Gasteiger partial charge on any atom is -0.478 e. The van der Waals surface area contributed by atoms with E-state index in [4.69, 9.17) is 5.11 Å². The van der Waals surface area contributed by atoms with Gasteiger partial charge in [0, 0.05) is 20.7 Å². The quantitative estimate of drug-likeness (QED) is 0.550. The Bertz CT molecular complexity index is 1490.